The molecule has 0 bridgehead atoms. The van der Waals surface area contributed by atoms with E-state index in [9.17, 15) is 4.79 Å². The second-order valence-electron chi connectivity index (χ2n) is 6.10. The monoisotopic (exact) mass is 244 g/mol. The molecule has 2 rings (SSSR count). The molecule has 18 heavy (non-hydrogen) atoms. The number of hydrogen-bond acceptors (Lipinski definition) is 1. The Kier molecular flexibility index (Phi) is 4.21. The van der Waals surface area contributed by atoms with Crippen LogP contribution in [-0.4, -0.2) is 5.78 Å². The van der Waals surface area contributed by atoms with Crippen LogP contribution >= 0.6 is 0 Å². The fourth-order valence-corrected chi connectivity index (χ4v) is 3.17. The van der Waals surface area contributed by atoms with Crippen molar-refractivity contribution in [3.63, 3.8) is 0 Å². The van der Waals surface area contributed by atoms with Crippen molar-refractivity contribution in [1.29, 1.82) is 0 Å². The summed E-state index contributed by atoms with van der Waals surface area (Å²) in [5, 5.41) is 0. The fourth-order valence-electron chi connectivity index (χ4n) is 3.17. The second-order valence-corrected chi connectivity index (χ2v) is 6.10. The molecule has 1 saturated carbocycles. The van der Waals surface area contributed by atoms with Gasteiger partial charge in [0.1, 0.15) is 5.78 Å². The van der Waals surface area contributed by atoms with Gasteiger partial charge in [-0.3, -0.25) is 4.79 Å². The molecule has 0 amide bonds. The van der Waals surface area contributed by atoms with E-state index in [4.69, 9.17) is 0 Å². The summed E-state index contributed by atoms with van der Waals surface area (Å²) in [5.74, 6) is 2.05. The normalized spacial score (nSPS) is 28.7. The molecule has 1 aromatic carbocycles. The van der Waals surface area contributed by atoms with Crippen LogP contribution in [0.25, 0.3) is 0 Å². The lowest BCUT2D eigenvalue weighted by molar-refractivity contribution is -0.132. The van der Waals surface area contributed by atoms with Crippen LogP contribution in [0, 0.1) is 23.7 Å². The van der Waals surface area contributed by atoms with E-state index in [0.717, 1.165) is 12.8 Å². The summed E-state index contributed by atoms with van der Waals surface area (Å²) in [5.41, 5.74) is 1.30. The van der Waals surface area contributed by atoms with E-state index in [-0.39, 0.29) is 11.8 Å². The topological polar surface area (TPSA) is 17.1 Å². The lowest BCUT2D eigenvalue weighted by Crippen LogP contribution is -2.37. The summed E-state index contributed by atoms with van der Waals surface area (Å²) in [7, 11) is 0. The van der Waals surface area contributed by atoms with Crippen LogP contribution in [0.1, 0.15) is 39.2 Å². The average molecular weight is 244 g/mol. The molecular formula is C17H24O. The van der Waals surface area contributed by atoms with Gasteiger partial charge in [-0.25, -0.2) is 0 Å². The molecule has 0 saturated heterocycles. The van der Waals surface area contributed by atoms with Crippen molar-refractivity contribution in [1.82, 2.24) is 0 Å². The molecule has 0 unspecified atom stereocenters. The van der Waals surface area contributed by atoms with Gasteiger partial charge in [-0.2, -0.15) is 0 Å². The van der Waals surface area contributed by atoms with E-state index in [2.05, 4.69) is 45.0 Å². The molecule has 0 heterocycles. The maximum absolute atomic E-state index is 12.6. The van der Waals surface area contributed by atoms with Crippen LogP contribution in [0.4, 0.5) is 0 Å². The predicted octanol–water partition coefficient (Wildman–Crippen LogP) is 4.12. The first-order valence-corrected chi connectivity index (χ1v) is 7.17. The Morgan fingerprint density at radius 1 is 1.17 bits per heavy atom. The molecule has 0 spiro atoms. The molecule has 98 valence electrons. The van der Waals surface area contributed by atoms with Crippen LogP contribution in [0.2, 0.25) is 0 Å². The van der Waals surface area contributed by atoms with E-state index in [1.54, 1.807) is 0 Å². The number of ketones is 1. The Balaban J connectivity index is 2.12. The van der Waals surface area contributed by atoms with Crippen LogP contribution in [0.15, 0.2) is 30.3 Å². The lowest BCUT2D eigenvalue weighted by atomic mass is 9.68. The van der Waals surface area contributed by atoms with Crippen molar-refractivity contribution in [2.75, 3.05) is 0 Å². The number of benzene rings is 1. The second kappa shape index (κ2) is 5.69. The van der Waals surface area contributed by atoms with Crippen molar-refractivity contribution in [2.45, 2.75) is 40.0 Å². The van der Waals surface area contributed by atoms with Gasteiger partial charge < -0.3 is 0 Å². The minimum atomic E-state index is 0.230. The number of rotatable bonds is 3. The third-order valence-electron chi connectivity index (χ3n) is 4.45. The Bertz CT molecular complexity index is 393. The van der Waals surface area contributed by atoms with Gasteiger partial charge in [-0.1, -0.05) is 51.1 Å². The maximum Gasteiger partial charge on any atom is 0.139 e. The lowest BCUT2D eigenvalue weighted by Gasteiger charge is -2.35. The van der Waals surface area contributed by atoms with Crippen LogP contribution < -0.4 is 0 Å². The van der Waals surface area contributed by atoms with Crippen LogP contribution in [0.5, 0.6) is 0 Å². The van der Waals surface area contributed by atoms with Crippen molar-refractivity contribution in [3.8, 4) is 0 Å². The highest BCUT2D eigenvalue weighted by Gasteiger charge is 2.36. The molecule has 0 N–H and O–H groups in total. The first-order valence-electron chi connectivity index (χ1n) is 7.17. The molecule has 1 aliphatic rings. The third-order valence-corrected chi connectivity index (χ3v) is 4.45. The molecule has 1 fully saturated rings. The number of carbonyl (C=O) groups is 1. The van der Waals surface area contributed by atoms with E-state index in [0.29, 0.717) is 17.6 Å². The van der Waals surface area contributed by atoms with Gasteiger partial charge in [-0.05, 0) is 36.7 Å². The molecule has 0 aliphatic heterocycles. The van der Waals surface area contributed by atoms with Gasteiger partial charge in [0.15, 0.2) is 0 Å². The van der Waals surface area contributed by atoms with Gasteiger partial charge in [0.25, 0.3) is 0 Å². The number of carbonyl (C=O) groups excluding carboxylic acids is 1. The Hall–Kier alpha value is -1.11. The maximum atomic E-state index is 12.6. The van der Waals surface area contributed by atoms with Gasteiger partial charge >= 0.3 is 0 Å². The molecule has 1 nitrogen and oxygen atoms in total. The highest BCUT2D eigenvalue weighted by atomic mass is 16.1. The largest absolute Gasteiger partial charge is 0.299 e. The Morgan fingerprint density at radius 3 is 2.44 bits per heavy atom. The molecule has 1 heteroatoms. The third kappa shape index (κ3) is 2.82. The summed E-state index contributed by atoms with van der Waals surface area (Å²) in [6, 6.07) is 10.4. The molecular weight excluding hydrogens is 220 g/mol. The SMILES string of the molecule is CC(C)[C@H]1CC[C@@H](C)[C@@H](Cc2ccccc2)C1=O. The van der Waals surface area contributed by atoms with Crippen molar-refractivity contribution in [2.24, 2.45) is 23.7 Å². The molecule has 0 aromatic heterocycles. The number of hydrogen-bond donors (Lipinski definition) is 0. The molecule has 1 aromatic rings. The first-order chi connectivity index (χ1) is 8.59. The predicted molar refractivity (Wildman–Crippen MR) is 75.4 cm³/mol. The minimum absolute atomic E-state index is 0.230. The quantitative estimate of drug-likeness (QED) is 0.781. The minimum Gasteiger partial charge on any atom is -0.299 e. The summed E-state index contributed by atoms with van der Waals surface area (Å²) >= 11 is 0. The van der Waals surface area contributed by atoms with E-state index in [1.807, 2.05) is 6.07 Å². The highest BCUT2D eigenvalue weighted by molar-refractivity contribution is 5.85. The van der Waals surface area contributed by atoms with Gasteiger partial charge in [-0.15, -0.1) is 0 Å². The summed E-state index contributed by atoms with van der Waals surface area (Å²) in [6.07, 6.45) is 3.21. The van der Waals surface area contributed by atoms with Gasteiger partial charge in [0.05, 0.1) is 0 Å². The zero-order valence-corrected chi connectivity index (χ0v) is 11.7. The molecule has 1 aliphatic carbocycles. The first kappa shape index (κ1) is 13.3. The van der Waals surface area contributed by atoms with Crippen molar-refractivity contribution >= 4 is 5.78 Å². The molecule has 0 radical (unpaired) electrons. The van der Waals surface area contributed by atoms with Crippen LogP contribution in [-0.2, 0) is 11.2 Å². The van der Waals surface area contributed by atoms with Gasteiger partial charge in [0.2, 0.25) is 0 Å². The fraction of sp³-hybridized carbons (Fsp3) is 0.588. The molecule has 3 atom stereocenters. The Morgan fingerprint density at radius 2 is 1.83 bits per heavy atom. The standard InChI is InChI=1S/C17H24O/c1-12(2)15-10-9-13(3)16(17(15)18)11-14-7-5-4-6-8-14/h4-8,12-13,15-16H,9-11H2,1-3H3/t13-,15-,16-/m1/s1. The average Bonchev–Trinajstić information content (AvgIpc) is 2.35. The van der Waals surface area contributed by atoms with Gasteiger partial charge in [0, 0.05) is 11.8 Å². The summed E-state index contributed by atoms with van der Waals surface area (Å²) in [4.78, 5) is 12.6. The van der Waals surface area contributed by atoms with E-state index >= 15 is 0 Å². The highest BCUT2D eigenvalue weighted by Crippen LogP contribution is 2.36. The smallest absolute Gasteiger partial charge is 0.139 e. The zero-order chi connectivity index (χ0) is 13.1. The van der Waals surface area contributed by atoms with E-state index in [1.165, 1.54) is 12.0 Å². The van der Waals surface area contributed by atoms with Crippen LogP contribution in [0.3, 0.4) is 0 Å². The summed E-state index contributed by atoms with van der Waals surface area (Å²) < 4.78 is 0. The zero-order valence-electron chi connectivity index (χ0n) is 11.7. The van der Waals surface area contributed by atoms with E-state index < -0.39 is 0 Å². The summed E-state index contributed by atoms with van der Waals surface area (Å²) in [6.45, 7) is 6.60. The number of Topliss-reactive ketones (excluding diaryl/α,β-unsaturated/α-hetero) is 1. The van der Waals surface area contributed by atoms with Crippen molar-refractivity contribution < 1.29 is 4.79 Å². The van der Waals surface area contributed by atoms with Crippen molar-refractivity contribution in [3.05, 3.63) is 35.9 Å². The Labute approximate surface area is 111 Å².